The van der Waals surface area contributed by atoms with Crippen molar-refractivity contribution in [2.45, 2.75) is 38.3 Å². The number of nitrogens with one attached hydrogen (secondary N) is 1. The third-order valence-electron chi connectivity index (χ3n) is 3.64. The molecule has 2 rings (SSSR count). The molecule has 3 amide bonds. The van der Waals surface area contributed by atoms with Gasteiger partial charge >= 0.3 is 6.03 Å². The Bertz CT molecular complexity index is 560. The van der Waals surface area contributed by atoms with Gasteiger partial charge in [0.25, 0.3) is 5.91 Å². The molecule has 2 unspecified atom stereocenters. The average Bonchev–Trinajstić information content (AvgIpc) is 2.72. The van der Waals surface area contributed by atoms with Crippen molar-refractivity contribution >= 4 is 11.9 Å². The molecule has 0 bridgehead atoms. The molecule has 1 aliphatic heterocycles. The zero-order chi connectivity index (χ0) is 16.3. The minimum absolute atomic E-state index is 0.478. The van der Waals surface area contributed by atoms with Crippen LogP contribution >= 0.6 is 0 Å². The van der Waals surface area contributed by atoms with Crippen molar-refractivity contribution in [1.29, 1.82) is 0 Å². The fourth-order valence-corrected chi connectivity index (χ4v) is 2.45. The van der Waals surface area contributed by atoms with Crippen LogP contribution in [0.25, 0.3) is 0 Å². The Morgan fingerprint density at radius 3 is 2.55 bits per heavy atom. The van der Waals surface area contributed by atoms with Crippen molar-refractivity contribution in [3.63, 3.8) is 0 Å². The van der Waals surface area contributed by atoms with Gasteiger partial charge in [0.05, 0.1) is 12.1 Å². The quantitative estimate of drug-likeness (QED) is 0.790. The fraction of sp³-hybridized carbons (Fsp3) is 0.467. The number of imide groups is 1. The number of carbonyl (C=O) groups is 2. The van der Waals surface area contributed by atoms with E-state index in [1.807, 2.05) is 6.92 Å². The smallest absolute Gasteiger partial charge is 0.324 e. The van der Waals surface area contributed by atoms with Gasteiger partial charge < -0.3 is 10.4 Å². The van der Waals surface area contributed by atoms with E-state index in [1.54, 1.807) is 0 Å². The zero-order valence-electron chi connectivity index (χ0n) is 12.2. The molecule has 1 aromatic rings. The highest BCUT2D eigenvalue weighted by molar-refractivity contribution is 6.04. The van der Waals surface area contributed by atoms with Gasteiger partial charge in [-0.2, -0.15) is 0 Å². The number of hydrogen-bond donors (Lipinski definition) is 2. The Hall–Kier alpha value is -2.02. The molecule has 5 nitrogen and oxygen atoms in total. The predicted molar refractivity (Wildman–Crippen MR) is 74.9 cm³/mol. The van der Waals surface area contributed by atoms with Gasteiger partial charge in [-0.3, -0.25) is 9.69 Å². The topological polar surface area (TPSA) is 69.6 Å². The van der Waals surface area contributed by atoms with Crippen LogP contribution in [0.2, 0.25) is 0 Å². The van der Waals surface area contributed by atoms with Crippen LogP contribution in [0.15, 0.2) is 18.2 Å². The molecule has 7 heteroatoms. The Kier molecular flexibility index (Phi) is 5.07. The van der Waals surface area contributed by atoms with Gasteiger partial charge in [0.2, 0.25) is 0 Å². The van der Waals surface area contributed by atoms with Crippen molar-refractivity contribution in [2.75, 3.05) is 6.54 Å². The Morgan fingerprint density at radius 2 is 1.95 bits per heavy atom. The van der Waals surface area contributed by atoms with Crippen molar-refractivity contribution in [2.24, 2.45) is 0 Å². The number of hydrogen-bond acceptors (Lipinski definition) is 3. The summed E-state index contributed by atoms with van der Waals surface area (Å²) in [6.07, 6.45) is 0.542. The normalized spacial score (nSPS) is 19.5. The van der Waals surface area contributed by atoms with E-state index in [0.717, 1.165) is 29.9 Å². The second-order valence-electron chi connectivity index (χ2n) is 5.24. The number of carbonyl (C=O) groups excluding carboxylic acids is 2. The molecule has 1 heterocycles. The van der Waals surface area contributed by atoms with E-state index >= 15 is 0 Å². The molecule has 120 valence electrons. The first-order valence-electron chi connectivity index (χ1n) is 7.19. The number of amides is 3. The zero-order valence-corrected chi connectivity index (χ0v) is 12.2. The summed E-state index contributed by atoms with van der Waals surface area (Å²) in [5.74, 6) is -2.31. The van der Waals surface area contributed by atoms with Crippen LogP contribution < -0.4 is 5.32 Å². The minimum Gasteiger partial charge on any atom is -0.386 e. The molecule has 0 aromatic heterocycles. The van der Waals surface area contributed by atoms with Crippen molar-refractivity contribution < 1.29 is 23.5 Å². The number of aliphatic hydroxyl groups is 1. The minimum atomic E-state index is -1.61. The van der Waals surface area contributed by atoms with E-state index in [9.17, 15) is 23.5 Å². The molecule has 0 spiro atoms. The Morgan fingerprint density at radius 1 is 1.32 bits per heavy atom. The highest BCUT2D eigenvalue weighted by atomic mass is 19.1. The summed E-state index contributed by atoms with van der Waals surface area (Å²) >= 11 is 0. The maximum Gasteiger partial charge on any atom is 0.324 e. The number of benzene rings is 1. The molecule has 2 atom stereocenters. The van der Waals surface area contributed by atoms with Gasteiger partial charge in [0.1, 0.15) is 23.8 Å². The SMILES string of the molecule is CCCCC1NC(=O)N(CC(O)c2c(F)cccc2F)C1=O. The van der Waals surface area contributed by atoms with Crippen LogP contribution in [0.1, 0.15) is 37.9 Å². The van der Waals surface area contributed by atoms with Gasteiger partial charge in [-0.25, -0.2) is 13.6 Å². The van der Waals surface area contributed by atoms with E-state index in [0.29, 0.717) is 6.42 Å². The Labute approximate surface area is 126 Å². The van der Waals surface area contributed by atoms with Gasteiger partial charge in [0.15, 0.2) is 0 Å². The number of halogens is 2. The van der Waals surface area contributed by atoms with Gasteiger partial charge in [-0.05, 0) is 18.6 Å². The number of aliphatic hydroxyl groups excluding tert-OH is 1. The molecular weight excluding hydrogens is 294 g/mol. The lowest BCUT2D eigenvalue weighted by atomic mass is 10.1. The van der Waals surface area contributed by atoms with E-state index in [4.69, 9.17) is 0 Å². The first-order valence-corrected chi connectivity index (χ1v) is 7.19. The summed E-state index contributed by atoms with van der Waals surface area (Å²) in [4.78, 5) is 24.7. The molecule has 1 fully saturated rings. The van der Waals surface area contributed by atoms with E-state index in [1.165, 1.54) is 6.07 Å². The van der Waals surface area contributed by atoms with Gasteiger partial charge in [-0.15, -0.1) is 0 Å². The van der Waals surface area contributed by atoms with Gasteiger partial charge in [0, 0.05) is 0 Å². The molecular formula is C15H18F2N2O3. The molecule has 22 heavy (non-hydrogen) atoms. The second-order valence-corrected chi connectivity index (χ2v) is 5.24. The van der Waals surface area contributed by atoms with Crippen LogP contribution in [0.5, 0.6) is 0 Å². The number of urea groups is 1. The number of nitrogens with zero attached hydrogens (tertiary/aromatic N) is 1. The third-order valence-corrected chi connectivity index (χ3v) is 3.64. The lowest BCUT2D eigenvalue weighted by molar-refractivity contribution is -0.128. The number of rotatable bonds is 6. The van der Waals surface area contributed by atoms with Crippen LogP contribution in [-0.4, -0.2) is 34.5 Å². The average molecular weight is 312 g/mol. The molecule has 2 N–H and O–H groups in total. The lowest BCUT2D eigenvalue weighted by Gasteiger charge is -2.18. The predicted octanol–water partition coefficient (Wildman–Crippen LogP) is 2.11. The van der Waals surface area contributed by atoms with Crippen LogP contribution in [-0.2, 0) is 4.79 Å². The van der Waals surface area contributed by atoms with Gasteiger partial charge in [-0.1, -0.05) is 25.8 Å². The maximum absolute atomic E-state index is 13.6. The number of unbranched alkanes of at least 4 members (excludes halogenated alkanes) is 1. The lowest BCUT2D eigenvalue weighted by Crippen LogP contribution is -2.35. The third kappa shape index (κ3) is 3.24. The van der Waals surface area contributed by atoms with Crippen molar-refractivity contribution in [3.05, 3.63) is 35.4 Å². The monoisotopic (exact) mass is 312 g/mol. The molecule has 1 saturated heterocycles. The first kappa shape index (κ1) is 16.4. The van der Waals surface area contributed by atoms with Crippen molar-refractivity contribution in [3.8, 4) is 0 Å². The summed E-state index contributed by atoms with van der Waals surface area (Å²) in [6.45, 7) is 1.48. The largest absolute Gasteiger partial charge is 0.386 e. The highest BCUT2D eigenvalue weighted by Crippen LogP contribution is 2.23. The van der Waals surface area contributed by atoms with E-state index in [2.05, 4.69) is 5.32 Å². The van der Waals surface area contributed by atoms with Crippen LogP contribution in [0, 0.1) is 11.6 Å². The van der Waals surface area contributed by atoms with E-state index < -0.39 is 47.8 Å². The summed E-state index contributed by atoms with van der Waals surface area (Å²) in [5.41, 5.74) is -0.542. The molecule has 0 radical (unpaired) electrons. The summed E-state index contributed by atoms with van der Waals surface area (Å²) in [6, 6.07) is 1.91. The second kappa shape index (κ2) is 6.83. The summed E-state index contributed by atoms with van der Waals surface area (Å²) in [5, 5.41) is 12.5. The van der Waals surface area contributed by atoms with Crippen LogP contribution in [0.4, 0.5) is 13.6 Å². The standard InChI is InChI=1S/C15H18F2N2O3/c1-2-3-7-11-14(21)19(15(22)18-11)8-12(20)13-9(16)5-4-6-10(13)17/h4-6,11-12,20H,2-3,7-8H2,1H3,(H,18,22). The van der Waals surface area contributed by atoms with Crippen molar-refractivity contribution in [1.82, 2.24) is 10.2 Å². The molecule has 1 aromatic carbocycles. The van der Waals surface area contributed by atoms with E-state index in [-0.39, 0.29) is 0 Å². The molecule has 1 aliphatic rings. The first-order chi connectivity index (χ1) is 10.5. The summed E-state index contributed by atoms with van der Waals surface area (Å²) in [7, 11) is 0. The number of β-amino-alcohol motifs (C(OH)–C–C–N with tert-alkyl or cyclic N) is 1. The maximum atomic E-state index is 13.6. The molecule has 0 saturated carbocycles. The highest BCUT2D eigenvalue weighted by Gasteiger charge is 2.39. The fourth-order valence-electron chi connectivity index (χ4n) is 2.45. The Balaban J connectivity index is 2.10. The molecule has 0 aliphatic carbocycles. The van der Waals surface area contributed by atoms with Crippen LogP contribution in [0.3, 0.4) is 0 Å². The summed E-state index contributed by atoms with van der Waals surface area (Å²) < 4.78 is 27.2.